The van der Waals surface area contributed by atoms with Gasteiger partial charge in [-0.25, -0.2) is 0 Å². The van der Waals surface area contributed by atoms with Crippen LogP contribution in [0, 0.1) is 0 Å². The highest BCUT2D eigenvalue weighted by Crippen LogP contribution is 2.56. The van der Waals surface area contributed by atoms with Crippen molar-refractivity contribution in [1.82, 2.24) is 0 Å². The molecule has 0 saturated heterocycles. The third-order valence-electron chi connectivity index (χ3n) is 11.0. The maximum atomic E-state index is 12.8. The zero-order valence-corrected chi connectivity index (χ0v) is 30.8. The van der Waals surface area contributed by atoms with Crippen LogP contribution in [-0.4, -0.2) is 60.4 Å². The molecule has 2 amide bonds. The maximum absolute atomic E-state index is 12.8. The Morgan fingerprint density at radius 2 is 0.846 bits per heavy atom. The van der Waals surface area contributed by atoms with Crippen molar-refractivity contribution in [3.05, 3.63) is 96.1 Å². The van der Waals surface area contributed by atoms with Crippen LogP contribution in [0.5, 0.6) is 0 Å². The predicted molar refractivity (Wildman–Crippen MR) is 216 cm³/mol. The molecule has 1 aliphatic carbocycles. The molecule has 6 aromatic rings. The van der Waals surface area contributed by atoms with Crippen LogP contribution in [0.15, 0.2) is 84.9 Å². The lowest BCUT2D eigenvalue weighted by Crippen LogP contribution is -2.52. The number of fused-ring (bicyclic) bond motifs is 4. The lowest BCUT2D eigenvalue weighted by Gasteiger charge is -2.49. The second-order valence-electron chi connectivity index (χ2n) is 13.9. The van der Waals surface area contributed by atoms with Gasteiger partial charge in [-0.15, -0.1) is 0 Å². The minimum atomic E-state index is -1.03. The average Bonchev–Trinajstić information content (AvgIpc) is 3.13. The molecule has 0 aromatic heterocycles. The van der Waals surface area contributed by atoms with E-state index < -0.39 is 24.0 Å². The molecule has 0 heterocycles. The number of aliphatic hydroxyl groups is 2. The van der Waals surface area contributed by atoms with Gasteiger partial charge in [0, 0.05) is 85.4 Å². The second kappa shape index (κ2) is 14.1. The van der Waals surface area contributed by atoms with Gasteiger partial charge in [-0.3, -0.25) is 9.59 Å². The van der Waals surface area contributed by atoms with Crippen LogP contribution >= 0.6 is 0 Å². The maximum Gasteiger partial charge on any atom is 0.221 e. The van der Waals surface area contributed by atoms with Crippen LogP contribution in [0.4, 0.5) is 22.7 Å². The fourth-order valence-electron chi connectivity index (χ4n) is 8.57. The van der Waals surface area contributed by atoms with E-state index >= 15 is 0 Å². The second-order valence-corrected chi connectivity index (χ2v) is 13.9. The van der Waals surface area contributed by atoms with Crippen LogP contribution in [0.25, 0.3) is 43.1 Å². The Morgan fingerprint density at radius 3 is 1.13 bits per heavy atom. The van der Waals surface area contributed by atoms with Crippen molar-refractivity contribution < 1.29 is 19.8 Å². The molecule has 0 atom stereocenters. The first-order chi connectivity index (χ1) is 25.1. The minimum absolute atomic E-state index is 0.232. The Morgan fingerprint density at radius 1 is 0.538 bits per heavy atom. The number of anilines is 4. The van der Waals surface area contributed by atoms with Gasteiger partial charge in [0.25, 0.3) is 0 Å². The molecule has 1 saturated carbocycles. The number of hydrogen-bond donors (Lipinski definition) is 4. The number of rotatable bonds is 10. The van der Waals surface area contributed by atoms with Crippen LogP contribution < -0.4 is 20.4 Å². The van der Waals surface area contributed by atoms with Gasteiger partial charge in [0.15, 0.2) is 0 Å². The molecule has 0 unspecified atom stereocenters. The summed E-state index contributed by atoms with van der Waals surface area (Å²) in [6.07, 6.45) is -2.06. The first-order valence-corrected chi connectivity index (χ1v) is 18.5. The van der Waals surface area contributed by atoms with Gasteiger partial charge in [0.05, 0.1) is 12.2 Å². The lowest BCUT2D eigenvalue weighted by atomic mass is 9.61. The van der Waals surface area contributed by atoms with E-state index in [0.29, 0.717) is 22.5 Å². The van der Waals surface area contributed by atoms with Crippen LogP contribution in [0.2, 0.25) is 0 Å². The van der Waals surface area contributed by atoms with Crippen molar-refractivity contribution in [2.75, 3.05) is 46.6 Å². The number of aliphatic hydroxyl groups excluding tert-OH is 2. The van der Waals surface area contributed by atoms with Crippen molar-refractivity contribution in [3.8, 4) is 0 Å². The third-order valence-corrected chi connectivity index (χ3v) is 11.0. The van der Waals surface area contributed by atoms with Crippen molar-refractivity contribution in [1.29, 1.82) is 0 Å². The van der Waals surface area contributed by atoms with Gasteiger partial charge >= 0.3 is 0 Å². The van der Waals surface area contributed by atoms with Crippen LogP contribution in [0.3, 0.4) is 0 Å². The first-order valence-electron chi connectivity index (χ1n) is 18.5. The standard InChI is InChI=1S/C44H48N4O4/c1-7-47(8-2)37-23-35(45-25(5)49)39(33-21-29-17-13-11-15-27(29)19-31(33)37)41-43(51)42(44(41)52)40-34-22-30-18-14-12-16-28(30)20-32(34)38(48(9-3)10-4)24-36(40)46-26(6)50/h11-24,41-44,51-52H,7-10H2,1-6H3,(H,45,49)(H,46,50). The summed E-state index contributed by atoms with van der Waals surface area (Å²) in [6.45, 7) is 14.5. The summed E-state index contributed by atoms with van der Waals surface area (Å²) in [6, 6.07) is 28.9. The molecule has 7 rings (SSSR count). The minimum Gasteiger partial charge on any atom is -0.392 e. The van der Waals surface area contributed by atoms with Crippen molar-refractivity contribution >= 4 is 77.7 Å². The van der Waals surface area contributed by atoms with Crippen molar-refractivity contribution in [2.24, 2.45) is 0 Å². The number of amides is 2. The molecule has 1 fully saturated rings. The SMILES string of the molecule is CCN(CC)c1cc(NC(C)=O)c(C2C(O)C(c3c(NC(C)=O)cc(N(CC)CC)c4cc5ccccc5cc34)C2O)c2cc3ccccc3cc12. The summed E-state index contributed by atoms with van der Waals surface area (Å²) in [5.74, 6) is -1.90. The summed E-state index contributed by atoms with van der Waals surface area (Å²) in [7, 11) is 0. The van der Waals surface area contributed by atoms with E-state index in [1.54, 1.807) is 0 Å². The van der Waals surface area contributed by atoms with E-state index in [4.69, 9.17) is 0 Å². The topological polar surface area (TPSA) is 105 Å². The molecule has 8 nitrogen and oxygen atoms in total. The third kappa shape index (κ3) is 5.90. The Labute approximate surface area is 305 Å². The molecule has 1 aliphatic rings. The zero-order valence-electron chi connectivity index (χ0n) is 30.8. The number of hydrogen-bond acceptors (Lipinski definition) is 6. The van der Waals surface area contributed by atoms with Gasteiger partial charge in [0.1, 0.15) is 0 Å². The highest BCUT2D eigenvalue weighted by Gasteiger charge is 2.53. The smallest absolute Gasteiger partial charge is 0.221 e. The summed E-state index contributed by atoms with van der Waals surface area (Å²) >= 11 is 0. The van der Waals surface area contributed by atoms with Crippen LogP contribution in [-0.2, 0) is 9.59 Å². The van der Waals surface area contributed by atoms with E-state index in [0.717, 1.165) is 80.6 Å². The number of benzene rings is 6. The first kappa shape index (κ1) is 35.2. The predicted octanol–water partition coefficient (Wildman–Crippen LogP) is 8.51. The molecule has 6 aromatic carbocycles. The Balaban J connectivity index is 1.48. The summed E-state index contributed by atoms with van der Waals surface area (Å²) in [5.41, 5.74) is 4.53. The fourth-order valence-corrected chi connectivity index (χ4v) is 8.57. The number of carbonyl (C=O) groups excluding carboxylic acids is 2. The summed E-state index contributed by atoms with van der Waals surface area (Å²) < 4.78 is 0. The Hall–Kier alpha value is -5.18. The molecule has 0 aliphatic heterocycles. The molecule has 0 radical (unpaired) electrons. The van der Waals surface area contributed by atoms with E-state index in [1.807, 2.05) is 36.4 Å². The molecule has 268 valence electrons. The molecular formula is C44H48N4O4. The number of carbonyl (C=O) groups is 2. The van der Waals surface area contributed by atoms with E-state index in [-0.39, 0.29) is 11.8 Å². The average molecular weight is 697 g/mol. The van der Waals surface area contributed by atoms with Crippen LogP contribution in [0.1, 0.15) is 64.5 Å². The quantitative estimate of drug-likeness (QED) is 0.107. The Bertz CT molecular complexity index is 2170. The molecule has 4 N–H and O–H groups in total. The highest BCUT2D eigenvalue weighted by molar-refractivity contribution is 6.11. The van der Waals surface area contributed by atoms with Gasteiger partial charge in [-0.2, -0.15) is 0 Å². The summed E-state index contributed by atoms with van der Waals surface area (Å²) in [5, 5.41) is 39.0. The molecule has 0 bridgehead atoms. The number of nitrogens with zero attached hydrogens (tertiary/aromatic N) is 2. The fraction of sp³-hybridized carbons (Fsp3) is 0.318. The van der Waals surface area contributed by atoms with E-state index in [1.165, 1.54) is 13.8 Å². The monoisotopic (exact) mass is 696 g/mol. The Kier molecular flexibility index (Phi) is 9.55. The van der Waals surface area contributed by atoms with Gasteiger partial charge < -0.3 is 30.6 Å². The molecule has 52 heavy (non-hydrogen) atoms. The molecular weight excluding hydrogens is 649 g/mol. The largest absolute Gasteiger partial charge is 0.392 e. The normalized spacial score (nSPS) is 18.5. The summed E-state index contributed by atoms with van der Waals surface area (Å²) in [4.78, 5) is 30.0. The highest BCUT2D eigenvalue weighted by atomic mass is 16.3. The van der Waals surface area contributed by atoms with Gasteiger partial charge in [-0.05, 0) is 108 Å². The zero-order chi connectivity index (χ0) is 36.8. The van der Waals surface area contributed by atoms with Crippen molar-refractivity contribution in [2.45, 2.75) is 65.6 Å². The van der Waals surface area contributed by atoms with Crippen molar-refractivity contribution in [3.63, 3.8) is 0 Å². The molecule has 0 spiro atoms. The lowest BCUT2D eigenvalue weighted by molar-refractivity contribution is -0.115. The number of nitrogens with one attached hydrogen (secondary N) is 2. The molecule has 8 heteroatoms. The van der Waals surface area contributed by atoms with Gasteiger partial charge in [-0.1, -0.05) is 48.5 Å². The van der Waals surface area contributed by atoms with Gasteiger partial charge in [0.2, 0.25) is 11.8 Å². The van der Waals surface area contributed by atoms with E-state index in [9.17, 15) is 19.8 Å². The van der Waals surface area contributed by atoms with E-state index in [2.05, 4.69) is 96.7 Å².